The number of hydrogen-bond acceptors (Lipinski definition) is 6. The summed E-state index contributed by atoms with van der Waals surface area (Å²) in [5.74, 6) is -1.48. The number of carboxylic acids is 1. The normalized spacial score (nSPS) is 12.6. The van der Waals surface area contributed by atoms with Gasteiger partial charge < -0.3 is 30.5 Å². The van der Waals surface area contributed by atoms with Crippen LogP contribution in [0.15, 0.2) is 36.9 Å². The molecule has 0 aliphatic rings. The second-order valence-corrected chi connectivity index (χ2v) is 9.38. The van der Waals surface area contributed by atoms with Crippen molar-refractivity contribution in [3.05, 3.63) is 42.5 Å². The van der Waals surface area contributed by atoms with Crippen LogP contribution in [-0.2, 0) is 25.5 Å². The van der Waals surface area contributed by atoms with Crippen molar-refractivity contribution >= 4 is 23.9 Å². The third kappa shape index (κ3) is 13.4. The Hall–Kier alpha value is -3.56. The monoisotopic (exact) mass is 505 g/mol. The molecule has 4 N–H and O–H groups in total. The summed E-state index contributed by atoms with van der Waals surface area (Å²) in [6.45, 7) is 11.0. The molecule has 0 fully saturated rings. The maximum Gasteiger partial charge on any atom is 0.407 e. The van der Waals surface area contributed by atoms with Crippen molar-refractivity contribution in [2.75, 3.05) is 13.2 Å². The molecule has 2 atom stereocenters. The molecule has 0 aromatic heterocycles. The third-order valence-corrected chi connectivity index (χ3v) is 4.88. The summed E-state index contributed by atoms with van der Waals surface area (Å²) >= 11 is 0. The first-order chi connectivity index (χ1) is 16.9. The van der Waals surface area contributed by atoms with Crippen LogP contribution in [0.4, 0.5) is 4.79 Å². The number of ether oxygens (including phenoxy) is 2. The van der Waals surface area contributed by atoms with E-state index in [1.807, 2.05) is 0 Å². The number of carbonyl (C=O) groups excluding carboxylic acids is 3. The Morgan fingerprint density at radius 1 is 1.03 bits per heavy atom. The molecule has 0 saturated heterocycles. The Morgan fingerprint density at radius 3 is 2.25 bits per heavy atom. The molecule has 0 aliphatic carbocycles. The number of benzene rings is 1. The summed E-state index contributed by atoms with van der Waals surface area (Å²) < 4.78 is 10.6. The van der Waals surface area contributed by atoms with Crippen molar-refractivity contribution in [3.63, 3.8) is 0 Å². The molecule has 1 aromatic rings. The average Bonchev–Trinajstić information content (AvgIpc) is 2.77. The molecule has 0 spiro atoms. The van der Waals surface area contributed by atoms with Crippen LogP contribution in [0.25, 0.3) is 0 Å². The molecule has 0 aliphatic heterocycles. The number of hydrogen-bond donors (Lipinski definition) is 4. The summed E-state index contributed by atoms with van der Waals surface area (Å²) in [5, 5.41) is 17.3. The van der Waals surface area contributed by atoms with Crippen LogP contribution in [0.2, 0.25) is 0 Å². The Balaban J connectivity index is 2.58. The molecule has 0 radical (unpaired) electrons. The van der Waals surface area contributed by atoms with Gasteiger partial charge in [0, 0.05) is 19.9 Å². The number of aliphatic carboxylic acids is 1. The van der Waals surface area contributed by atoms with E-state index < -0.39 is 41.6 Å². The number of rotatable bonds is 15. The molecule has 36 heavy (non-hydrogen) atoms. The van der Waals surface area contributed by atoms with Crippen LogP contribution in [0.5, 0.6) is 5.75 Å². The first kappa shape index (κ1) is 30.5. The van der Waals surface area contributed by atoms with Crippen LogP contribution in [0, 0.1) is 0 Å². The summed E-state index contributed by atoms with van der Waals surface area (Å²) in [6, 6.07) is 5.03. The highest BCUT2D eigenvalue weighted by Gasteiger charge is 2.26. The minimum absolute atomic E-state index is 0.190. The molecule has 1 aromatic carbocycles. The predicted octanol–water partition coefficient (Wildman–Crippen LogP) is 2.95. The number of amides is 3. The quantitative estimate of drug-likeness (QED) is 0.212. The molecular formula is C26H39N3O7. The Labute approximate surface area is 212 Å². The predicted molar refractivity (Wildman–Crippen MR) is 136 cm³/mol. The first-order valence-corrected chi connectivity index (χ1v) is 12.0. The Morgan fingerprint density at radius 2 is 1.69 bits per heavy atom. The lowest BCUT2D eigenvalue weighted by atomic mass is 10.0. The number of alkyl carbamates (subject to hydrolysis) is 1. The zero-order chi connectivity index (χ0) is 27.1. The highest BCUT2D eigenvalue weighted by Crippen LogP contribution is 2.14. The van der Waals surface area contributed by atoms with Crippen LogP contribution >= 0.6 is 0 Å². The zero-order valence-electron chi connectivity index (χ0n) is 21.6. The summed E-state index contributed by atoms with van der Waals surface area (Å²) in [5.41, 5.74) is 0.203. The first-order valence-electron chi connectivity index (χ1n) is 12.0. The van der Waals surface area contributed by atoms with Gasteiger partial charge >= 0.3 is 12.1 Å². The van der Waals surface area contributed by atoms with Crippen molar-refractivity contribution in [2.45, 2.75) is 77.5 Å². The van der Waals surface area contributed by atoms with Crippen molar-refractivity contribution < 1.29 is 33.8 Å². The van der Waals surface area contributed by atoms with E-state index in [1.165, 1.54) is 6.92 Å². The fourth-order valence-electron chi connectivity index (χ4n) is 3.25. The van der Waals surface area contributed by atoms with E-state index in [2.05, 4.69) is 22.5 Å². The van der Waals surface area contributed by atoms with Gasteiger partial charge in [-0.15, -0.1) is 0 Å². The SMILES string of the molecule is C=CCOc1ccc(C[C@H](NC(C)=O)C(=O)N[C@@H](CCCCCNC(=O)OC(C)(C)C)C(=O)O)cc1. The summed E-state index contributed by atoms with van der Waals surface area (Å²) in [7, 11) is 0. The van der Waals surface area contributed by atoms with Crippen molar-refractivity contribution in [3.8, 4) is 5.75 Å². The average molecular weight is 506 g/mol. The molecule has 3 amide bonds. The lowest BCUT2D eigenvalue weighted by molar-refractivity contribution is -0.142. The van der Waals surface area contributed by atoms with Gasteiger partial charge in [-0.05, 0) is 51.3 Å². The molecule has 1 rings (SSSR count). The van der Waals surface area contributed by atoms with Crippen molar-refractivity contribution in [2.24, 2.45) is 0 Å². The van der Waals surface area contributed by atoms with Gasteiger partial charge in [0.05, 0.1) is 0 Å². The van der Waals surface area contributed by atoms with Crippen LogP contribution < -0.4 is 20.7 Å². The van der Waals surface area contributed by atoms with E-state index >= 15 is 0 Å². The topological polar surface area (TPSA) is 143 Å². The van der Waals surface area contributed by atoms with Gasteiger partial charge in [0.25, 0.3) is 0 Å². The van der Waals surface area contributed by atoms with Gasteiger partial charge in [-0.25, -0.2) is 9.59 Å². The van der Waals surface area contributed by atoms with Crippen molar-refractivity contribution in [1.82, 2.24) is 16.0 Å². The van der Waals surface area contributed by atoms with Gasteiger partial charge in [0.15, 0.2) is 0 Å². The third-order valence-electron chi connectivity index (χ3n) is 4.88. The van der Waals surface area contributed by atoms with E-state index in [1.54, 1.807) is 51.1 Å². The number of nitrogens with one attached hydrogen (secondary N) is 3. The highest BCUT2D eigenvalue weighted by atomic mass is 16.6. The lowest BCUT2D eigenvalue weighted by Crippen LogP contribution is -2.52. The summed E-state index contributed by atoms with van der Waals surface area (Å²) in [6.07, 6.45) is 3.37. The zero-order valence-corrected chi connectivity index (χ0v) is 21.6. The Kier molecular flexibility index (Phi) is 13.1. The van der Waals surface area contributed by atoms with Gasteiger partial charge in [-0.3, -0.25) is 9.59 Å². The molecule has 200 valence electrons. The second-order valence-electron chi connectivity index (χ2n) is 9.38. The van der Waals surface area contributed by atoms with Gasteiger partial charge in [-0.1, -0.05) is 37.6 Å². The molecular weight excluding hydrogens is 466 g/mol. The maximum atomic E-state index is 12.8. The second kappa shape index (κ2) is 15.4. The van der Waals surface area contributed by atoms with E-state index in [0.717, 1.165) is 5.56 Å². The van der Waals surface area contributed by atoms with E-state index in [9.17, 15) is 24.3 Å². The van der Waals surface area contributed by atoms with E-state index in [4.69, 9.17) is 9.47 Å². The summed E-state index contributed by atoms with van der Waals surface area (Å²) in [4.78, 5) is 47.9. The lowest BCUT2D eigenvalue weighted by Gasteiger charge is -2.21. The van der Waals surface area contributed by atoms with Gasteiger partial charge in [0.2, 0.25) is 11.8 Å². The number of carbonyl (C=O) groups is 4. The molecule has 10 heteroatoms. The minimum Gasteiger partial charge on any atom is -0.490 e. The van der Waals surface area contributed by atoms with Gasteiger partial charge in [-0.2, -0.15) is 0 Å². The fourth-order valence-corrected chi connectivity index (χ4v) is 3.25. The number of carboxylic acid groups (broad SMARTS) is 1. The Bertz CT molecular complexity index is 879. The fraction of sp³-hybridized carbons (Fsp3) is 0.538. The van der Waals surface area contributed by atoms with Crippen molar-refractivity contribution in [1.29, 1.82) is 0 Å². The largest absolute Gasteiger partial charge is 0.490 e. The van der Waals surface area contributed by atoms with Crippen LogP contribution in [-0.4, -0.2) is 59.8 Å². The van der Waals surface area contributed by atoms with E-state index in [0.29, 0.717) is 38.2 Å². The van der Waals surface area contributed by atoms with Crippen LogP contribution in [0.3, 0.4) is 0 Å². The minimum atomic E-state index is -1.15. The smallest absolute Gasteiger partial charge is 0.407 e. The highest BCUT2D eigenvalue weighted by molar-refractivity contribution is 5.90. The molecule has 0 saturated carbocycles. The van der Waals surface area contributed by atoms with Crippen LogP contribution in [0.1, 0.15) is 58.9 Å². The molecule has 10 nitrogen and oxygen atoms in total. The molecule has 0 unspecified atom stereocenters. The molecule has 0 bridgehead atoms. The molecule has 0 heterocycles. The standard InChI is InChI=1S/C26H39N3O7/c1-6-16-35-20-13-11-19(12-14-20)17-22(28-18(2)30)23(31)29-21(24(32)33)10-8-7-9-15-27-25(34)36-26(3,4)5/h6,11-14,21-22H,1,7-10,15-17H2,2-5H3,(H,27,34)(H,28,30)(H,29,31)(H,32,33)/t21-,22-/m0/s1. The van der Waals surface area contributed by atoms with Gasteiger partial charge in [0.1, 0.15) is 30.0 Å². The van der Waals surface area contributed by atoms with E-state index in [-0.39, 0.29) is 12.8 Å². The maximum absolute atomic E-state index is 12.8. The number of unbranched alkanes of at least 4 members (excludes halogenated alkanes) is 2.